The van der Waals surface area contributed by atoms with Gasteiger partial charge in [0.2, 0.25) is 0 Å². The summed E-state index contributed by atoms with van der Waals surface area (Å²) in [4.78, 5) is 18.8. The minimum atomic E-state index is 0.0860. The Morgan fingerprint density at radius 2 is 2.10 bits per heavy atom. The highest BCUT2D eigenvalue weighted by Crippen LogP contribution is 2.38. The highest BCUT2D eigenvalue weighted by molar-refractivity contribution is 6.29. The summed E-state index contributed by atoms with van der Waals surface area (Å²) < 4.78 is 0. The molecule has 2 atom stereocenters. The zero-order valence-electron chi connectivity index (χ0n) is 11.7. The second-order valence-electron chi connectivity index (χ2n) is 5.76. The van der Waals surface area contributed by atoms with Crippen LogP contribution >= 0.6 is 11.6 Å². The Labute approximate surface area is 124 Å². The van der Waals surface area contributed by atoms with Gasteiger partial charge in [-0.05, 0) is 43.7 Å². The lowest BCUT2D eigenvalue weighted by molar-refractivity contribution is 0.0780. The highest BCUT2D eigenvalue weighted by Gasteiger charge is 2.38. The topological polar surface area (TPSA) is 45.2 Å². The molecule has 20 heavy (non-hydrogen) atoms. The van der Waals surface area contributed by atoms with Gasteiger partial charge in [0.25, 0.3) is 5.91 Å². The van der Waals surface area contributed by atoms with Gasteiger partial charge in [-0.1, -0.05) is 18.0 Å². The minimum absolute atomic E-state index is 0.0860. The fourth-order valence-electron chi connectivity index (χ4n) is 3.48. The number of carbonyl (C=O) groups is 1. The molecule has 1 aliphatic carbocycles. The number of pyridine rings is 1. The molecule has 0 bridgehead atoms. The van der Waals surface area contributed by atoms with E-state index in [1.165, 1.54) is 19.3 Å². The summed E-state index contributed by atoms with van der Waals surface area (Å²) >= 11 is 6.01. The van der Waals surface area contributed by atoms with Crippen LogP contribution in [0.25, 0.3) is 0 Å². The Morgan fingerprint density at radius 3 is 2.75 bits per heavy atom. The van der Waals surface area contributed by atoms with Gasteiger partial charge < -0.3 is 10.2 Å². The molecule has 2 aliphatic rings. The fourth-order valence-corrected chi connectivity index (χ4v) is 3.68. The van der Waals surface area contributed by atoms with Crippen molar-refractivity contribution in [1.29, 1.82) is 0 Å². The molecule has 1 aromatic rings. The largest absolute Gasteiger partial charge is 0.370 e. The molecule has 1 amide bonds. The maximum Gasteiger partial charge on any atom is 0.254 e. The molecule has 4 nitrogen and oxygen atoms in total. The molecule has 0 radical (unpaired) electrons. The quantitative estimate of drug-likeness (QED) is 0.871. The Bertz CT molecular complexity index is 508. The van der Waals surface area contributed by atoms with Crippen molar-refractivity contribution in [1.82, 2.24) is 9.88 Å². The van der Waals surface area contributed by atoms with E-state index in [9.17, 15) is 4.79 Å². The van der Waals surface area contributed by atoms with E-state index in [1.54, 1.807) is 12.1 Å². The summed E-state index contributed by atoms with van der Waals surface area (Å²) in [5, 5.41) is 3.47. The average Bonchev–Trinajstić information content (AvgIpc) is 2.98. The summed E-state index contributed by atoms with van der Waals surface area (Å²) in [6, 6.07) is 3.46. The summed E-state index contributed by atoms with van der Waals surface area (Å²) in [6.45, 7) is 4.56. The number of carbonyl (C=O) groups excluding carboxylic acids is 1. The number of anilines is 1. The molecule has 5 heteroatoms. The van der Waals surface area contributed by atoms with Gasteiger partial charge in [-0.2, -0.15) is 0 Å². The molecular weight excluding hydrogens is 274 g/mol. The number of hydrogen-bond donors (Lipinski definition) is 1. The van der Waals surface area contributed by atoms with Gasteiger partial charge in [-0.15, -0.1) is 0 Å². The van der Waals surface area contributed by atoms with E-state index in [2.05, 4.69) is 10.3 Å². The number of halogens is 1. The van der Waals surface area contributed by atoms with E-state index in [1.807, 2.05) is 11.8 Å². The molecule has 1 aliphatic heterocycles. The molecule has 2 fully saturated rings. The lowest BCUT2D eigenvalue weighted by Crippen LogP contribution is -2.29. The number of aromatic nitrogens is 1. The number of amides is 1. The Kier molecular flexibility index (Phi) is 3.83. The minimum Gasteiger partial charge on any atom is -0.370 e. The standard InChI is InChI=1S/C15H20ClN3O/c1-2-17-14-7-12(6-13(16)18-14)15(20)19-8-10-4-3-5-11(10)9-19/h6-7,10-11H,2-5,8-9H2,1H3,(H,17,18). The number of nitrogens with one attached hydrogen (secondary N) is 1. The molecule has 1 aromatic heterocycles. The molecule has 1 N–H and O–H groups in total. The predicted molar refractivity (Wildman–Crippen MR) is 80.1 cm³/mol. The first-order chi connectivity index (χ1) is 9.67. The second kappa shape index (κ2) is 5.60. The van der Waals surface area contributed by atoms with E-state index in [0.717, 1.165) is 19.6 Å². The van der Waals surface area contributed by atoms with Gasteiger partial charge in [0.15, 0.2) is 0 Å². The van der Waals surface area contributed by atoms with Crippen LogP contribution in [0.1, 0.15) is 36.5 Å². The Morgan fingerprint density at radius 1 is 1.40 bits per heavy atom. The van der Waals surface area contributed by atoms with Gasteiger partial charge in [0, 0.05) is 25.2 Å². The summed E-state index contributed by atoms with van der Waals surface area (Å²) in [5.74, 6) is 2.18. The lowest BCUT2D eigenvalue weighted by atomic mass is 10.0. The maximum absolute atomic E-state index is 12.6. The SMILES string of the molecule is CCNc1cc(C(=O)N2CC3CCCC3C2)cc(Cl)n1. The first-order valence-corrected chi connectivity index (χ1v) is 7.76. The second-order valence-corrected chi connectivity index (χ2v) is 6.14. The third-order valence-corrected chi connectivity index (χ3v) is 4.61. The van der Waals surface area contributed by atoms with E-state index in [4.69, 9.17) is 11.6 Å². The van der Waals surface area contributed by atoms with Gasteiger partial charge >= 0.3 is 0 Å². The van der Waals surface area contributed by atoms with Crippen LogP contribution < -0.4 is 5.32 Å². The third kappa shape index (κ3) is 2.62. The van der Waals surface area contributed by atoms with Crippen LogP contribution in [-0.2, 0) is 0 Å². The molecule has 0 aromatic carbocycles. The molecule has 3 rings (SSSR count). The molecule has 2 heterocycles. The first-order valence-electron chi connectivity index (χ1n) is 7.38. The molecular formula is C15H20ClN3O. The van der Waals surface area contributed by atoms with E-state index in [-0.39, 0.29) is 5.91 Å². The van der Waals surface area contributed by atoms with Gasteiger partial charge in [-0.25, -0.2) is 4.98 Å². The van der Waals surface area contributed by atoms with Crippen molar-refractivity contribution in [2.75, 3.05) is 25.0 Å². The van der Waals surface area contributed by atoms with Crippen LogP contribution in [0.15, 0.2) is 12.1 Å². The monoisotopic (exact) mass is 293 g/mol. The predicted octanol–water partition coefficient (Wildman–Crippen LogP) is 3.04. The number of fused-ring (bicyclic) bond motifs is 1. The average molecular weight is 294 g/mol. The summed E-state index contributed by atoms with van der Waals surface area (Å²) in [7, 11) is 0. The van der Waals surface area contributed by atoms with Crippen LogP contribution in [0.4, 0.5) is 5.82 Å². The van der Waals surface area contributed by atoms with Crippen molar-refractivity contribution in [2.45, 2.75) is 26.2 Å². The van der Waals surface area contributed by atoms with Crippen molar-refractivity contribution in [3.8, 4) is 0 Å². The highest BCUT2D eigenvalue weighted by atomic mass is 35.5. The van der Waals surface area contributed by atoms with Crippen molar-refractivity contribution >= 4 is 23.3 Å². The molecule has 108 valence electrons. The van der Waals surface area contributed by atoms with Crippen LogP contribution in [0.3, 0.4) is 0 Å². The Hall–Kier alpha value is -1.29. The number of likely N-dealkylation sites (tertiary alicyclic amines) is 1. The number of hydrogen-bond acceptors (Lipinski definition) is 3. The number of nitrogens with zero attached hydrogens (tertiary/aromatic N) is 2. The summed E-state index contributed by atoms with van der Waals surface area (Å²) in [6.07, 6.45) is 3.87. The lowest BCUT2D eigenvalue weighted by Gasteiger charge is -2.18. The van der Waals surface area contributed by atoms with Crippen molar-refractivity contribution in [3.63, 3.8) is 0 Å². The van der Waals surface area contributed by atoms with Crippen LogP contribution in [0.2, 0.25) is 5.15 Å². The van der Waals surface area contributed by atoms with Crippen LogP contribution in [0, 0.1) is 11.8 Å². The zero-order chi connectivity index (χ0) is 14.1. The molecule has 1 saturated heterocycles. The maximum atomic E-state index is 12.6. The smallest absolute Gasteiger partial charge is 0.254 e. The first kappa shape index (κ1) is 13.7. The summed E-state index contributed by atoms with van der Waals surface area (Å²) in [5.41, 5.74) is 0.640. The van der Waals surface area contributed by atoms with E-state index < -0.39 is 0 Å². The van der Waals surface area contributed by atoms with Crippen LogP contribution in [0.5, 0.6) is 0 Å². The fraction of sp³-hybridized carbons (Fsp3) is 0.600. The van der Waals surface area contributed by atoms with E-state index >= 15 is 0 Å². The normalized spacial score (nSPS) is 24.8. The molecule has 2 unspecified atom stereocenters. The van der Waals surface area contributed by atoms with Crippen molar-refractivity contribution in [2.24, 2.45) is 11.8 Å². The van der Waals surface area contributed by atoms with Gasteiger partial charge in [0.1, 0.15) is 11.0 Å². The van der Waals surface area contributed by atoms with E-state index in [0.29, 0.717) is 28.4 Å². The zero-order valence-corrected chi connectivity index (χ0v) is 12.5. The van der Waals surface area contributed by atoms with Crippen LogP contribution in [-0.4, -0.2) is 35.4 Å². The molecule has 1 saturated carbocycles. The molecule has 0 spiro atoms. The van der Waals surface area contributed by atoms with Crippen molar-refractivity contribution in [3.05, 3.63) is 22.8 Å². The number of rotatable bonds is 3. The van der Waals surface area contributed by atoms with Gasteiger partial charge in [-0.3, -0.25) is 4.79 Å². The van der Waals surface area contributed by atoms with Crippen molar-refractivity contribution < 1.29 is 4.79 Å². The van der Waals surface area contributed by atoms with Gasteiger partial charge in [0.05, 0.1) is 0 Å². The third-order valence-electron chi connectivity index (χ3n) is 4.41. The Balaban J connectivity index is 1.77.